The summed E-state index contributed by atoms with van der Waals surface area (Å²) in [5.74, 6) is 0.923. The number of nitrogens with one attached hydrogen (secondary N) is 1. The molecule has 1 heterocycles. The van der Waals surface area contributed by atoms with Gasteiger partial charge in [-0.25, -0.2) is 4.68 Å². The second kappa shape index (κ2) is 7.25. The Hall–Kier alpha value is -0.840. The van der Waals surface area contributed by atoms with Crippen molar-refractivity contribution in [2.75, 3.05) is 11.9 Å². The average Bonchev–Trinajstić information content (AvgIpc) is 2.92. The molecular weight excluding hydrogens is 318 g/mol. The minimum Gasteiger partial charge on any atom is -0.383 e. The van der Waals surface area contributed by atoms with Gasteiger partial charge in [0.1, 0.15) is 4.47 Å². The molecular formula is C15H24BrN3O. The Morgan fingerprint density at radius 2 is 2.15 bits per heavy atom. The molecule has 1 aromatic heterocycles. The first-order valence-corrected chi connectivity index (χ1v) is 8.40. The van der Waals surface area contributed by atoms with Crippen LogP contribution in [0.5, 0.6) is 0 Å². The van der Waals surface area contributed by atoms with Crippen LogP contribution < -0.4 is 10.9 Å². The molecule has 4 nitrogen and oxygen atoms in total. The second-order valence-electron chi connectivity index (χ2n) is 5.94. The largest absolute Gasteiger partial charge is 0.383 e. The summed E-state index contributed by atoms with van der Waals surface area (Å²) < 4.78 is 2.08. The van der Waals surface area contributed by atoms with Crippen LogP contribution in [0.15, 0.2) is 15.5 Å². The van der Waals surface area contributed by atoms with Crippen LogP contribution in [0.1, 0.15) is 58.4 Å². The summed E-state index contributed by atoms with van der Waals surface area (Å²) in [4.78, 5) is 12.1. The highest BCUT2D eigenvalue weighted by Crippen LogP contribution is 2.28. The number of rotatable bonds is 6. The van der Waals surface area contributed by atoms with Crippen LogP contribution in [0.3, 0.4) is 0 Å². The third kappa shape index (κ3) is 3.84. The highest BCUT2D eigenvalue weighted by molar-refractivity contribution is 9.10. The SMILES string of the molecule is CC(C)n1ncc(NCCCC2CCCC2)c(Br)c1=O. The van der Waals surface area contributed by atoms with Crippen LogP contribution in [0, 0.1) is 5.92 Å². The quantitative estimate of drug-likeness (QED) is 0.796. The Morgan fingerprint density at radius 1 is 1.45 bits per heavy atom. The van der Waals surface area contributed by atoms with Gasteiger partial charge in [-0.1, -0.05) is 25.7 Å². The molecule has 1 fully saturated rings. The molecule has 20 heavy (non-hydrogen) atoms. The van der Waals surface area contributed by atoms with Gasteiger partial charge in [0.25, 0.3) is 5.56 Å². The molecule has 0 radical (unpaired) electrons. The van der Waals surface area contributed by atoms with Crippen molar-refractivity contribution in [3.05, 3.63) is 21.0 Å². The lowest BCUT2D eigenvalue weighted by Crippen LogP contribution is -2.26. The first-order chi connectivity index (χ1) is 9.59. The molecule has 0 spiro atoms. The lowest BCUT2D eigenvalue weighted by atomic mass is 10.0. The average molecular weight is 342 g/mol. The Bertz CT molecular complexity index is 492. The fourth-order valence-corrected chi connectivity index (χ4v) is 3.27. The van der Waals surface area contributed by atoms with E-state index in [1.54, 1.807) is 6.20 Å². The van der Waals surface area contributed by atoms with Crippen LogP contribution in [0.2, 0.25) is 0 Å². The number of aromatic nitrogens is 2. The molecule has 0 saturated heterocycles. The number of hydrogen-bond acceptors (Lipinski definition) is 3. The van der Waals surface area contributed by atoms with Crippen molar-refractivity contribution < 1.29 is 0 Å². The molecule has 1 saturated carbocycles. The minimum atomic E-state index is -0.0687. The third-order valence-corrected chi connectivity index (χ3v) is 4.78. The molecule has 0 bridgehead atoms. The first kappa shape index (κ1) is 15.5. The highest BCUT2D eigenvalue weighted by Gasteiger charge is 2.14. The van der Waals surface area contributed by atoms with Crippen molar-refractivity contribution in [3.8, 4) is 0 Å². The van der Waals surface area contributed by atoms with E-state index in [9.17, 15) is 4.79 Å². The van der Waals surface area contributed by atoms with Gasteiger partial charge < -0.3 is 5.32 Å². The van der Waals surface area contributed by atoms with Crippen LogP contribution in [0.25, 0.3) is 0 Å². The van der Waals surface area contributed by atoms with E-state index >= 15 is 0 Å². The van der Waals surface area contributed by atoms with E-state index in [2.05, 4.69) is 26.3 Å². The lowest BCUT2D eigenvalue weighted by molar-refractivity contribution is 0.490. The Balaban J connectivity index is 1.86. The molecule has 1 aromatic rings. The van der Waals surface area contributed by atoms with Gasteiger partial charge in [-0.2, -0.15) is 5.10 Å². The maximum absolute atomic E-state index is 12.1. The zero-order chi connectivity index (χ0) is 14.5. The fraction of sp³-hybridized carbons (Fsp3) is 0.733. The molecule has 112 valence electrons. The van der Waals surface area contributed by atoms with Crippen LogP contribution in [-0.2, 0) is 0 Å². The van der Waals surface area contributed by atoms with E-state index in [0.29, 0.717) is 4.47 Å². The maximum Gasteiger partial charge on any atom is 0.283 e. The van der Waals surface area contributed by atoms with Crippen LogP contribution >= 0.6 is 15.9 Å². The van der Waals surface area contributed by atoms with E-state index in [1.807, 2.05) is 13.8 Å². The highest BCUT2D eigenvalue weighted by atomic mass is 79.9. The van der Waals surface area contributed by atoms with Crippen molar-refractivity contribution in [2.45, 2.75) is 58.4 Å². The fourth-order valence-electron chi connectivity index (χ4n) is 2.85. The predicted octanol–water partition coefficient (Wildman–Crippen LogP) is 3.97. The third-order valence-electron chi connectivity index (χ3n) is 4.01. The Morgan fingerprint density at radius 3 is 2.80 bits per heavy atom. The zero-order valence-electron chi connectivity index (χ0n) is 12.4. The zero-order valence-corrected chi connectivity index (χ0v) is 13.9. The van der Waals surface area contributed by atoms with Crippen molar-refractivity contribution >= 4 is 21.6 Å². The van der Waals surface area contributed by atoms with E-state index < -0.39 is 0 Å². The van der Waals surface area contributed by atoms with Crippen LogP contribution in [0.4, 0.5) is 5.69 Å². The van der Waals surface area contributed by atoms with Crippen LogP contribution in [-0.4, -0.2) is 16.3 Å². The van der Waals surface area contributed by atoms with Crippen molar-refractivity contribution in [1.29, 1.82) is 0 Å². The number of halogens is 1. The monoisotopic (exact) mass is 341 g/mol. The van der Waals surface area contributed by atoms with Gasteiger partial charge in [0, 0.05) is 6.54 Å². The summed E-state index contributed by atoms with van der Waals surface area (Å²) in [6.45, 7) is 4.81. The molecule has 2 rings (SSSR count). The maximum atomic E-state index is 12.1. The van der Waals surface area contributed by atoms with Gasteiger partial charge >= 0.3 is 0 Å². The van der Waals surface area contributed by atoms with E-state index in [1.165, 1.54) is 36.8 Å². The van der Waals surface area contributed by atoms with Crippen molar-refractivity contribution in [1.82, 2.24) is 9.78 Å². The molecule has 0 amide bonds. The predicted molar refractivity (Wildman–Crippen MR) is 86.3 cm³/mol. The van der Waals surface area contributed by atoms with Gasteiger partial charge in [-0.05, 0) is 48.5 Å². The van der Waals surface area contributed by atoms with E-state index in [4.69, 9.17) is 0 Å². The molecule has 0 aliphatic heterocycles. The molecule has 0 aromatic carbocycles. The summed E-state index contributed by atoms with van der Waals surface area (Å²) in [7, 11) is 0. The summed E-state index contributed by atoms with van der Waals surface area (Å²) in [5, 5.41) is 7.53. The molecule has 5 heteroatoms. The second-order valence-corrected chi connectivity index (χ2v) is 6.73. The molecule has 1 aliphatic carbocycles. The van der Waals surface area contributed by atoms with Gasteiger partial charge in [0.05, 0.1) is 17.9 Å². The Kier molecular flexibility index (Phi) is 5.64. The summed E-state index contributed by atoms with van der Waals surface area (Å²) >= 11 is 3.38. The first-order valence-electron chi connectivity index (χ1n) is 7.60. The topological polar surface area (TPSA) is 46.9 Å². The van der Waals surface area contributed by atoms with Gasteiger partial charge in [0.15, 0.2) is 0 Å². The number of anilines is 1. The number of nitrogens with zero attached hydrogens (tertiary/aromatic N) is 2. The molecule has 0 unspecified atom stereocenters. The molecule has 0 atom stereocenters. The Labute approximate surface area is 129 Å². The molecule has 1 aliphatic rings. The summed E-state index contributed by atoms with van der Waals surface area (Å²) in [6.07, 6.45) is 9.79. The number of hydrogen-bond donors (Lipinski definition) is 1. The van der Waals surface area contributed by atoms with E-state index in [-0.39, 0.29) is 11.6 Å². The van der Waals surface area contributed by atoms with Crippen molar-refractivity contribution in [2.24, 2.45) is 5.92 Å². The summed E-state index contributed by atoms with van der Waals surface area (Å²) in [5.41, 5.74) is 0.735. The standard InChI is InChI=1S/C15H24BrN3O/c1-11(2)19-15(20)14(16)13(10-18-19)17-9-5-8-12-6-3-4-7-12/h10-12,17H,3-9H2,1-2H3. The van der Waals surface area contributed by atoms with Gasteiger partial charge in [0.2, 0.25) is 0 Å². The lowest BCUT2D eigenvalue weighted by Gasteiger charge is -2.13. The van der Waals surface area contributed by atoms with E-state index in [0.717, 1.165) is 24.6 Å². The minimum absolute atomic E-state index is 0.0687. The molecule has 1 N–H and O–H groups in total. The van der Waals surface area contributed by atoms with Gasteiger partial charge in [-0.3, -0.25) is 4.79 Å². The normalized spacial score (nSPS) is 16.0. The smallest absolute Gasteiger partial charge is 0.283 e. The van der Waals surface area contributed by atoms with Crippen molar-refractivity contribution in [3.63, 3.8) is 0 Å². The van der Waals surface area contributed by atoms with Gasteiger partial charge in [-0.15, -0.1) is 0 Å². The summed E-state index contributed by atoms with van der Waals surface area (Å²) in [6, 6.07) is 0.0789.